The molecule has 2 saturated heterocycles. The van der Waals surface area contributed by atoms with Crippen LogP contribution in [0.3, 0.4) is 0 Å². The van der Waals surface area contributed by atoms with Gasteiger partial charge in [0.25, 0.3) is 0 Å². The summed E-state index contributed by atoms with van der Waals surface area (Å²) in [5.41, 5.74) is 3.72. The van der Waals surface area contributed by atoms with E-state index in [1.54, 1.807) is 14.2 Å². The highest BCUT2D eigenvalue weighted by Gasteiger charge is 2.26. The highest BCUT2D eigenvalue weighted by atomic mass is 35.5. The second-order valence-corrected chi connectivity index (χ2v) is 10.6. The first kappa shape index (κ1) is 25.9. The van der Waals surface area contributed by atoms with E-state index in [4.69, 9.17) is 31.0 Å². The summed E-state index contributed by atoms with van der Waals surface area (Å²) in [7, 11) is 3.32. The minimum Gasteiger partial charge on any atom is -0.500 e. The summed E-state index contributed by atoms with van der Waals surface area (Å²) in [5.74, 6) is 2.45. The van der Waals surface area contributed by atoms with Crippen LogP contribution in [0, 0.1) is 0 Å². The molecule has 11 heteroatoms. The van der Waals surface area contributed by atoms with Crippen LogP contribution in [0.4, 0.5) is 17.5 Å². The van der Waals surface area contributed by atoms with Crippen molar-refractivity contribution in [3.63, 3.8) is 0 Å². The van der Waals surface area contributed by atoms with Gasteiger partial charge in [-0.05, 0) is 31.1 Å². The number of anilines is 3. The number of rotatable bonds is 6. The van der Waals surface area contributed by atoms with Crippen molar-refractivity contribution < 1.29 is 14.6 Å². The molecule has 0 amide bonds. The number of piperidine rings is 1. The fourth-order valence-electron chi connectivity index (χ4n) is 5.59. The van der Waals surface area contributed by atoms with Crippen LogP contribution in [-0.4, -0.2) is 90.2 Å². The van der Waals surface area contributed by atoms with Crippen LogP contribution >= 0.6 is 11.6 Å². The molecule has 0 saturated carbocycles. The Bertz CT molecular complexity index is 1400. The number of β-amino-alcohol motifs (C(OH)–C–C–N with tert-alkyl or cyclic N) is 1. The van der Waals surface area contributed by atoms with E-state index in [0.29, 0.717) is 23.9 Å². The summed E-state index contributed by atoms with van der Waals surface area (Å²) in [6, 6.07) is 6.24. The zero-order valence-electron chi connectivity index (χ0n) is 22.3. The van der Waals surface area contributed by atoms with Crippen molar-refractivity contribution in [3.8, 4) is 0 Å². The van der Waals surface area contributed by atoms with Gasteiger partial charge in [0.15, 0.2) is 0 Å². The van der Waals surface area contributed by atoms with E-state index in [1.807, 2.05) is 28.9 Å². The number of nitrogens with zero attached hydrogens (tertiary/aromatic N) is 7. The fraction of sp³-hybridized carbons (Fsp3) is 0.464. The maximum absolute atomic E-state index is 10.0. The second-order valence-electron chi connectivity index (χ2n) is 10.2. The molecular weight excluding hydrogens is 518 g/mol. The number of aliphatic hydroxyl groups is 1. The average molecular weight is 552 g/mol. The number of imidazole rings is 1. The molecule has 206 valence electrons. The third kappa shape index (κ3) is 5.28. The number of fused-ring (bicyclic) bond motifs is 1. The maximum Gasteiger partial charge on any atom is 0.227 e. The van der Waals surface area contributed by atoms with Gasteiger partial charge in [0, 0.05) is 93.7 Å². The number of hydrogen-bond acceptors (Lipinski definition) is 9. The normalized spacial score (nSPS) is 22.5. The van der Waals surface area contributed by atoms with Gasteiger partial charge in [0.2, 0.25) is 5.95 Å². The summed E-state index contributed by atoms with van der Waals surface area (Å²) >= 11 is 6.47. The van der Waals surface area contributed by atoms with Crippen LogP contribution < -0.4 is 14.7 Å². The average Bonchev–Trinajstić information content (AvgIpc) is 3.40. The molecule has 39 heavy (non-hydrogen) atoms. The molecule has 5 heterocycles. The van der Waals surface area contributed by atoms with Crippen molar-refractivity contribution in [1.29, 1.82) is 0 Å². The topological polar surface area (TPSA) is 91.5 Å². The summed E-state index contributed by atoms with van der Waals surface area (Å²) in [4.78, 5) is 21.0. The molecule has 6 rings (SSSR count). The number of ether oxygens (including phenoxy) is 2. The number of aromatic nitrogens is 4. The summed E-state index contributed by atoms with van der Waals surface area (Å²) < 4.78 is 13.2. The van der Waals surface area contributed by atoms with Crippen LogP contribution in [0.25, 0.3) is 11.2 Å². The van der Waals surface area contributed by atoms with Crippen molar-refractivity contribution in [2.24, 2.45) is 0 Å². The molecule has 1 aliphatic carbocycles. The van der Waals surface area contributed by atoms with Crippen LogP contribution in [0.2, 0.25) is 0 Å². The largest absolute Gasteiger partial charge is 0.500 e. The molecule has 2 aliphatic heterocycles. The highest BCUT2D eigenvalue weighted by molar-refractivity contribution is 6.31. The third-order valence-electron chi connectivity index (χ3n) is 7.79. The standard InChI is InChI=1S/C28H34ClN7O3/c1-38-24-16-25(39-2)22(29)15-21(24)23-18-35-9-6-19(14-27(35)31-23)33-10-12-34(13-11-33)26-5-7-30-28(32-26)36-8-3-4-20(37)17-36/h5-7,9,14-15,18,20,25,37H,3-4,8,10-13,16-17H2,1-2H3. The zero-order chi connectivity index (χ0) is 26.9. The fourth-order valence-corrected chi connectivity index (χ4v) is 5.86. The molecule has 0 aromatic carbocycles. The number of piperazine rings is 1. The molecule has 3 aliphatic rings. The van der Waals surface area contributed by atoms with E-state index < -0.39 is 0 Å². The van der Waals surface area contributed by atoms with E-state index in [-0.39, 0.29) is 12.2 Å². The number of pyridine rings is 1. The first-order valence-corrected chi connectivity index (χ1v) is 13.8. The number of hydrogen-bond donors (Lipinski definition) is 1. The number of aliphatic hydroxyl groups excluding tert-OH is 1. The highest BCUT2D eigenvalue weighted by Crippen LogP contribution is 2.34. The summed E-state index contributed by atoms with van der Waals surface area (Å²) in [5, 5.41) is 10.7. The van der Waals surface area contributed by atoms with Crippen molar-refractivity contribution in [2.75, 3.05) is 68.2 Å². The SMILES string of the molecule is COC1=C(c2cn3ccc(N4CCN(c5ccnc(N6CCCC(O)C6)n5)CC4)cc3n2)C=C(Cl)C(OC)C1. The lowest BCUT2D eigenvalue weighted by molar-refractivity contribution is 0.119. The second kappa shape index (κ2) is 11.0. The minimum absolute atomic E-state index is 0.195. The van der Waals surface area contributed by atoms with E-state index in [9.17, 15) is 5.11 Å². The molecule has 0 spiro atoms. The Kier molecular flexibility index (Phi) is 7.33. The van der Waals surface area contributed by atoms with Crippen LogP contribution in [0.15, 0.2) is 53.7 Å². The first-order chi connectivity index (χ1) is 19.0. The molecule has 10 nitrogen and oxygen atoms in total. The Labute approximate surface area is 233 Å². The zero-order valence-corrected chi connectivity index (χ0v) is 23.1. The van der Waals surface area contributed by atoms with Gasteiger partial charge in [-0.15, -0.1) is 0 Å². The molecular formula is C28H34ClN7O3. The smallest absolute Gasteiger partial charge is 0.227 e. The van der Waals surface area contributed by atoms with E-state index in [0.717, 1.165) is 79.7 Å². The lowest BCUT2D eigenvalue weighted by Gasteiger charge is -2.37. The van der Waals surface area contributed by atoms with Crippen LogP contribution in [-0.2, 0) is 9.47 Å². The lowest BCUT2D eigenvalue weighted by Crippen LogP contribution is -2.47. The molecule has 3 aromatic rings. The van der Waals surface area contributed by atoms with Crippen LogP contribution in [0.1, 0.15) is 25.0 Å². The predicted molar refractivity (Wildman–Crippen MR) is 152 cm³/mol. The van der Waals surface area contributed by atoms with Gasteiger partial charge in [-0.2, -0.15) is 4.98 Å². The van der Waals surface area contributed by atoms with Gasteiger partial charge in [-0.25, -0.2) is 9.97 Å². The van der Waals surface area contributed by atoms with Crippen molar-refractivity contribution in [2.45, 2.75) is 31.5 Å². The quantitative estimate of drug-likeness (QED) is 0.495. The third-order valence-corrected chi connectivity index (χ3v) is 8.14. The molecule has 0 radical (unpaired) electrons. The van der Waals surface area contributed by atoms with Gasteiger partial charge >= 0.3 is 0 Å². The van der Waals surface area contributed by atoms with E-state index in [1.165, 1.54) is 0 Å². The Morgan fingerprint density at radius 3 is 2.62 bits per heavy atom. The van der Waals surface area contributed by atoms with Crippen molar-refractivity contribution in [3.05, 3.63) is 59.4 Å². The molecule has 3 aromatic heterocycles. The molecule has 2 unspecified atom stereocenters. The Hall–Kier alpha value is -3.34. The maximum atomic E-state index is 10.0. The molecule has 2 atom stereocenters. The summed E-state index contributed by atoms with van der Waals surface area (Å²) in [6.45, 7) is 4.95. The monoisotopic (exact) mass is 551 g/mol. The van der Waals surface area contributed by atoms with E-state index >= 15 is 0 Å². The predicted octanol–water partition coefficient (Wildman–Crippen LogP) is 3.31. The Balaban J connectivity index is 1.15. The first-order valence-electron chi connectivity index (χ1n) is 13.4. The number of halogens is 1. The number of allylic oxidation sites excluding steroid dienone is 2. The van der Waals surface area contributed by atoms with Crippen molar-refractivity contribution in [1.82, 2.24) is 19.4 Å². The molecule has 1 N–H and O–H groups in total. The number of methoxy groups -OCH3 is 2. The van der Waals surface area contributed by atoms with E-state index in [2.05, 4.69) is 38.0 Å². The van der Waals surface area contributed by atoms with Gasteiger partial charge in [0.1, 0.15) is 17.2 Å². The van der Waals surface area contributed by atoms with Gasteiger partial charge in [-0.3, -0.25) is 0 Å². The summed E-state index contributed by atoms with van der Waals surface area (Å²) in [6.07, 6.45) is 9.65. The van der Waals surface area contributed by atoms with Crippen LogP contribution in [0.5, 0.6) is 0 Å². The molecule has 0 bridgehead atoms. The van der Waals surface area contributed by atoms with Gasteiger partial charge in [0.05, 0.1) is 25.0 Å². The van der Waals surface area contributed by atoms with Crippen molar-refractivity contribution >= 4 is 40.3 Å². The molecule has 2 fully saturated rings. The Morgan fingerprint density at radius 1 is 1.03 bits per heavy atom. The lowest BCUT2D eigenvalue weighted by atomic mass is 10.0. The Morgan fingerprint density at radius 2 is 1.85 bits per heavy atom. The van der Waals surface area contributed by atoms with Gasteiger partial charge < -0.3 is 33.7 Å². The minimum atomic E-state index is -0.309. The van der Waals surface area contributed by atoms with Gasteiger partial charge in [-0.1, -0.05) is 11.6 Å².